The number of para-hydroxylation sites is 1. The molecular weight excluding hydrogens is 278 g/mol. The van der Waals surface area contributed by atoms with Crippen molar-refractivity contribution < 1.29 is 19.4 Å². The van der Waals surface area contributed by atoms with Gasteiger partial charge in [-0.2, -0.15) is 0 Å². The molecule has 0 radical (unpaired) electrons. The summed E-state index contributed by atoms with van der Waals surface area (Å²) < 4.78 is 5.12. The first-order chi connectivity index (χ1) is 9.54. The van der Waals surface area contributed by atoms with Crippen molar-refractivity contribution in [1.29, 1.82) is 0 Å². The number of hydrogen-bond donors (Lipinski definition) is 2. The normalized spacial score (nSPS) is 10.1. The monoisotopic (exact) mass is 291 g/mol. The second kappa shape index (κ2) is 5.75. The van der Waals surface area contributed by atoms with E-state index in [4.69, 9.17) is 9.84 Å². The van der Waals surface area contributed by atoms with Crippen LogP contribution in [0, 0.1) is 6.92 Å². The van der Waals surface area contributed by atoms with Crippen molar-refractivity contribution in [2.75, 3.05) is 12.4 Å². The van der Waals surface area contributed by atoms with Crippen LogP contribution in [0.3, 0.4) is 0 Å². The van der Waals surface area contributed by atoms with Crippen LogP contribution in [-0.2, 0) is 0 Å². The Bertz CT molecular complexity index is 663. The number of benzene rings is 1. The highest BCUT2D eigenvalue weighted by Gasteiger charge is 2.19. The van der Waals surface area contributed by atoms with E-state index in [1.165, 1.54) is 7.11 Å². The minimum absolute atomic E-state index is 0.116. The third-order valence-corrected chi connectivity index (χ3v) is 3.85. The Balaban J connectivity index is 2.33. The predicted molar refractivity (Wildman–Crippen MR) is 77.0 cm³/mol. The number of ether oxygens (including phenoxy) is 1. The van der Waals surface area contributed by atoms with Crippen LogP contribution >= 0.6 is 11.3 Å². The average Bonchev–Trinajstić information content (AvgIpc) is 2.80. The molecular formula is C14H13NO4S. The molecule has 1 aromatic carbocycles. The maximum absolute atomic E-state index is 12.2. The van der Waals surface area contributed by atoms with E-state index in [0.717, 1.165) is 16.9 Å². The van der Waals surface area contributed by atoms with Crippen LogP contribution in [-0.4, -0.2) is 24.1 Å². The number of carbonyl (C=O) groups is 2. The molecule has 2 rings (SSSR count). The molecule has 0 aliphatic heterocycles. The van der Waals surface area contributed by atoms with Crippen LogP contribution in [0.25, 0.3) is 0 Å². The lowest BCUT2D eigenvalue weighted by atomic mass is 10.1. The first-order valence-electron chi connectivity index (χ1n) is 5.80. The quantitative estimate of drug-likeness (QED) is 0.908. The molecule has 0 saturated heterocycles. The topological polar surface area (TPSA) is 75.6 Å². The summed E-state index contributed by atoms with van der Waals surface area (Å²) in [5.41, 5.74) is 1.41. The van der Waals surface area contributed by atoms with Crippen molar-refractivity contribution in [1.82, 2.24) is 0 Å². The smallest absolute Gasteiger partial charge is 0.348 e. The maximum Gasteiger partial charge on any atom is 0.348 e. The van der Waals surface area contributed by atoms with Crippen molar-refractivity contribution in [3.8, 4) is 5.75 Å². The lowest BCUT2D eigenvalue weighted by Gasteiger charge is -2.09. The van der Waals surface area contributed by atoms with Crippen LogP contribution in [0.4, 0.5) is 5.69 Å². The molecule has 0 unspecified atom stereocenters. The van der Waals surface area contributed by atoms with Gasteiger partial charge in [0.05, 0.1) is 18.4 Å². The van der Waals surface area contributed by atoms with Gasteiger partial charge >= 0.3 is 5.97 Å². The lowest BCUT2D eigenvalue weighted by Crippen LogP contribution is -2.15. The zero-order chi connectivity index (χ0) is 14.7. The minimum atomic E-state index is -1.06. The fraction of sp³-hybridized carbons (Fsp3) is 0.143. The minimum Gasteiger partial charge on any atom is -0.496 e. The first kappa shape index (κ1) is 14.1. The summed E-state index contributed by atoms with van der Waals surface area (Å²) in [6, 6.07) is 6.77. The van der Waals surface area contributed by atoms with Crippen LogP contribution in [0.5, 0.6) is 5.75 Å². The van der Waals surface area contributed by atoms with Crippen molar-refractivity contribution in [3.63, 3.8) is 0 Å². The van der Waals surface area contributed by atoms with Gasteiger partial charge in [-0.3, -0.25) is 4.79 Å². The van der Waals surface area contributed by atoms with Gasteiger partial charge in [0.2, 0.25) is 0 Å². The number of amides is 1. The van der Waals surface area contributed by atoms with E-state index < -0.39 is 11.9 Å². The van der Waals surface area contributed by atoms with Crippen molar-refractivity contribution >= 4 is 28.9 Å². The van der Waals surface area contributed by atoms with E-state index >= 15 is 0 Å². The molecule has 1 amide bonds. The van der Waals surface area contributed by atoms with Gasteiger partial charge in [0.15, 0.2) is 0 Å². The van der Waals surface area contributed by atoms with Crippen molar-refractivity contribution in [3.05, 3.63) is 45.6 Å². The summed E-state index contributed by atoms with van der Waals surface area (Å²) in [4.78, 5) is 23.5. The highest BCUT2D eigenvalue weighted by Crippen LogP contribution is 2.29. The molecule has 20 heavy (non-hydrogen) atoms. The molecule has 1 aromatic heterocycles. The Morgan fingerprint density at radius 2 is 2.00 bits per heavy atom. The van der Waals surface area contributed by atoms with Crippen LogP contribution in [0.1, 0.15) is 25.6 Å². The Hall–Kier alpha value is -2.34. The number of carboxylic acid groups (broad SMARTS) is 1. The molecule has 2 aromatic rings. The molecule has 5 nitrogen and oxygen atoms in total. The Labute approximate surface area is 119 Å². The lowest BCUT2D eigenvalue weighted by molar-refractivity contribution is 0.0703. The number of carboxylic acids is 1. The molecule has 6 heteroatoms. The SMILES string of the molecule is COc1ccccc1C(=O)Nc1c(C)csc1C(=O)O. The van der Waals surface area contributed by atoms with E-state index in [9.17, 15) is 9.59 Å². The van der Waals surface area contributed by atoms with Crippen molar-refractivity contribution in [2.45, 2.75) is 6.92 Å². The van der Waals surface area contributed by atoms with Gasteiger partial charge in [0.1, 0.15) is 10.6 Å². The molecule has 0 aliphatic rings. The van der Waals surface area contributed by atoms with Gasteiger partial charge in [-0.15, -0.1) is 11.3 Å². The van der Waals surface area contributed by atoms with Crippen LogP contribution < -0.4 is 10.1 Å². The fourth-order valence-electron chi connectivity index (χ4n) is 1.77. The van der Waals surface area contributed by atoms with E-state index in [0.29, 0.717) is 17.0 Å². The summed E-state index contributed by atoms with van der Waals surface area (Å²) in [6.07, 6.45) is 0. The number of rotatable bonds is 4. The number of aryl methyl sites for hydroxylation is 1. The number of aromatic carboxylic acids is 1. The van der Waals surface area contributed by atoms with Crippen molar-refractivity contribution in [2.24, 2.45) is 0 Å². The van der Waals surface area contributed by atoms with Gasteiger partial charge in [-0.05, 0) is 30.0 Å². The van der Waals surface area contributed by atoms with E-state index in [2.05, 4.69) is 5.32 Å². The summed E-state index contributed by atoms with van der Waals surface area (Å²) in [5.74, 6) is -1.01. The molecule has 0 bridgehead atoms. The Kier molecular flexibility index (Phi) is 4.05. The standard InChI is InChI=1S/C14H13NO4S/c1-8-7-20-12(14(17)18)11(8)15-13(16)9-5-3-4-6-10(9)19-2/h3-7H,1-2H3,(H,15,16)(H,17,18). The summed E-state index contributed by atoms with van der Waals surface area (Å²) in [7, 11) is 1.48. The summed E-state index contributed by atoms with van der Waals surface area (Å²) in [5, 5.41) is 13.4. The molecule has 0 fully saturated rings. The molecule has 2 N–H and O–H groups in total. The highest BCUT2D eigenvalue weighted by atomic mass is 32.1. The van der Waals surface area contributed by atoms with E-state index in [-0.39, 0.29) is 4.88 Å². The van der Waals surface area contributed by atoms with Gasteiger partial charge in [-0.1, -0.05) is 12.1 Å². The molecule has 0 atom stereocenters. The second-order valence-corrected chi connectivity index (χ2v) is 4.96. The molecule has 1 heterocycles. The number of nitrogens with one attached hydrogen (secondary N) is 1. The zero-order valence-corrected chi connectivity index (χ0v) is 11.8. The van der Waals surface area contributed by atoms with Crippen LogP contribution in [0.2, 0.25) is 0 Å². The summed E-state index contributed by atoms with van der Waals surface area (Å²) >= 11 is 1.09. The summed E-state index contributed by atoms with van der Waals surface area (Å²) in [6.45, 7) is 1.75. The molecule has 0 aliphatic carbocycles. The zero-order valence-electron chi connectivity index (χ0n) is 11.0. The third-order valence-electron chi connectivity index (χ3n) is 2.76. The van der Waals surface area contributed by atoms with Gasteiger partial charge in [-0.25, -0.2) is 4.79 Å². The van der Waals surface area contributed by atoms with Gasteiger partial charge < -0.3 is 15.2 Å². The fourth-order valence-corrected chi connectivity index (χ4v) is 2.61. The number of methoxy groups -OCH3 is 1. The number of hydrogen-bond acceptors (Lipinski definition) is 4. The van der Waals surface area contributed by atoms with E-state index in [1.54, 1.807) is 36.6 Å². The highest BCUT2D eigenvalue weighted by molar-refractivity contribution is 7.12. The Morgan fingerprint density at radius 1 is 1.30 bits per heavy atom. The average molecular weight is 291 g/mol. The second-order valence-electron chi connectivity index (χ2n) is 4.08. The number of carbonyl (C=O) groups excluding carboxylic acids is 1. The van der Waals surface area contributed by atoms with Gasteiger partial charge in [0.25, 0.3) is 5.91 Å². The van der Waals surface area contributed by atoms with Crippen LogP contribution in [0.15, 0.2) is 29.6 Å². The molecule has 0 spiro atoms. The first-order valence-corrected chi connectivity index (χ1v) is 6.68. The predicted octanol–water partition coefficient (Wildman–Crippen LogP) is 3.02. The van der Waals surface area contributed by atoms with E-state index in [1.807, 2.05) is 0 Å². The number of thiophene rings is 1. The number of anilines is 1. The molecule has 104 valence electrons. The molecule has 0 saturated carbocycles. The Morgan fingerprint density at radius 3 is 2.65 bits per heavy atom. The van der Waals surface area contributed by atoms with Gasteiger partial charge in [0, 0.05) is 0 Å². The maximum atomic E-state index is 12.2. The largest absolute Gasteiger partial charge is 0.496 e. The third kappa shape index (κ3) is 2.65.